The van der Waals surface area contributed by atoms with Gasteiger partial charge in [0.1, 0.15) is 18.8 Å². The summed E-state index contributed by atoms with van der Waals surface area (Å²) in [7, 11) is 1.47. The first-order valence-electron chi connectivity index (χ1n) is 10.9. The average Bonchev–Trinajstić information content (AvgIpc) is 2.76. The zero-order valence-electron chi connectivity index (χ0n) is 20.6. The molecule has 1 fully saturated rings. The number of hydrogen-bond donors (Lipinski definition) is 1. The minimum atomic E-state index is -1.24. The minimum absolute atomic E-state index is 0.278. The fourth-order valence-electron chi connectivity index (χ4n) is 3.59. The Morgan fingerprint density at radius 2 is 1.63 bits per heavy atom. The summed E-state index contributed by atoms with van der Waals surface area (Å²) in [6.45, 7) is 6.36. The van der Waals surface area contributed by atoms with E-state index in [2.05, 4.69) is 5.32 Å². The third-order valence-electron chi connectivity index (χ3n) is 4.86. The minimum Gasteiger partial charge on any atom is -0.493 e. The molecule has 192 valence electrons. The summed E-state index contributed by atoms with van der Waals surface area (Å²) in [6.07, 6.45) is -0.990. The van der Waals surface area contributed by atoms with Crippen molar-refractivity contribution in [2.45, 2.75) is 65.3 Å². The Kier molecular flexibility index (Phi) is 10.1. The van der Waals surface area contributed by atoms with E-state index in [1.807, 2.05) is 19.1 Å². The number of allylic oxidation sites excluding steroid dienone is 1. The average molecular weight is 494 g/mol. The number of carbonyl (C=O) groups excluding carboxylic acids is 4. The number of nitrogens with one attached hydrogen (secondary N) is 1. The maximum Gasteiger partial charge on any atom is 0.303 e. The van der Waals surface area contributed by atoms with E-state index in [9.17, 15) is 19.2 Å². The van der Waals surface area contributed by atoms with Gasteiger partial charge in [-0.3, -0.25) is 19.2 Å². The molecule has 11 nitrogen and oxygen atoms in total. The number of methoxy groups -OCH3 is 1. The number of hydrogen-bond acceptors (Lipinski definition) is 10. The summed E-state index contributed by atoms with van der Waals surface area (Å²) in [5.41, 5.74) is 0.861. The molecule has 1 aliphatic heterocycles. The quantitative estimate of drug-likeness (QED) is 0.400. The number of carbonyl (C=O) groups is 4. The topological polar surface area (TPSA) is 136 Å². The van der Waals surface area contributed by atoms with Crippen molar-refractivity contribution in [2.75, 3.05) is 13.7 Å². The van der Waals surface area contributed by atoms with Crippen molar-refractivity contribution in [1.82, 2.24) is 5.32 Å². The first-order valence-corrected chi connectivity index (χ1v) is 10.9. The van der Waals surface area contributed by atoms with E-state index in [4.69, 9.17) is 28.4 Å². The molecule has 1 saturated heterocycles. The smallest absolute Gasteiger partial charge is 0.303 e. The predicted octanol–water partition coefficient (Wildman–Crippen LogP) is 1.76. The first kappa shape index (κ1) is 27.6. The highest BCUT2D eigenvalue weighted by Gasteiger charge is 2.52. The Morgan fingerprint density at radius 1 is 0.971 bits per heavy atom. The molecule has 0 aliphatic carbocycles. The molecule has 0 spiro atoms. The maximum absolute atomic E-state index is 12.0. The van der Waals surface area contributed by atoms with Crippen LogP contribution in [-0.4, -0.2) is 68.2 Å². The predicted molar refractivity (Wildman–Crippen MR) is 122 cm³/mol. The molecule has 35 heavy (non-hydrogen) atoms. The molecule has 0 radical (unpaired) electrons. The highest BCUT2D eigenvalue weighted by Crippen LogP contribution is 2.34. The second kappa shape index (κ2) is 12.7. The number of rotatable bonds is 9. The van der Waals surface area contributed by atoms with Crippen molar-refractivity contribution in [3.05, 3.63) is 29.8 Å². The van der Waals surface area contributed by atoms with E-state index in [1.165, 1.54) is 34.8 Å². The van der Waals surface area contributed by atoms with Crippen LogP contribution in [0.15, 0.2) is 24.3 Å². The molecular weight excluding hydrogens is 462 g/mol. The highest BCUT2D eigenvalue weighted by molar-refractivity contribution is 5.73. The van der Waals surface area contributed by atoms with Gasteiger partial charge in [0.05, 0.1) is 7.11 Å². The van der Waals surface area contributed by atoms with Gasteiger partial charge in [-0.2, -0.15) is 0 Å². The van der Waals surface area contributed by atoms with Crippen LogP contribution < -0.4 is 14.8 Å². The molecule has 11 heteroatoms. The molecule has 1 heterocycles. The van der Waals surface area contributed by atoms with Gasteiger partial charge in [0.2, 0.25) is 12.2 Å². The van der Waals surface area contributed by atoms with Gasteiger partial charge in [-0.25, -0.2) is 0 Å². The van der Waals surface area contributed by atoms with Gasteiger partial charge in [-0.05, 0) is 24.6 Å². The second-order valence-corrected chi connectivity index (χ2v) is 7.75. The summed E-state index contributed by atoms with van der Waals surface area (Å²) in [6, 6.07) is 4.10. The molecule has 1 aliphatic rings. The molecule has 0 unspecified atom stereocenters. The van der Waals surface area contributed by atoms with Crippen molar-refractivity contribution in [1.29, 1.82) is 0 Å². The van der Waals surface area contributed by atoms with Crippen molar-refractivity contribution in [2.24, 2.45) is 0 Å². The molecule has 1 amide bonds. The van der Waals surface area contributed by atoms with E-state index in [-0.39, 0.29) is 12.4 Å². The lowest BCUT2D eigenvalue weighted by Crippen LogP contribution is -2.67. The molecule has 0 aromatic heterocycles. The Balaban J connectivity index is 2.51. The van der Waals surface area contributed by atoms with Crippen molar-refractivity contribution < 1.29 is 47.6 Å². The number of amides is 1. The molecule has 0 saturated carbocycles. The van der Waals surface area contributed by atoms with Gasteiger partial charge in [0.25, 0.3) is 0 Å². The molecule has 5 atom stereocenters. The van der Waals surface area contributed by atoms with Gasteiger partial charge < -0.3 is 33.7 Å². The Morgan fingerprint density at radius 3 is 2.17 bits per heavy atom. The standard InChI is InChI=1S/C24H31NO10/c1-7-8-17-9-10-18(19(11-17)30-6)34-24-21(25-13(2)26)23(33-16(5)29)22(32-15(4)28)20(35-24)12-31-14(3)27/h7-11,20-24H,12H2,1-6H3,(H,25,26)/b8-7+/t20-,21+,22+,23+,24-/m1/s1. The fourth-order valence-corrected chi connectivity index (χ4v) is 3.59. The number of esters is 3. The van der Waals surface area contributed by atoms with E-state index in [0.29, 0.717) is 5.75 Å². The fraction of sp³-hybridized carbons (Fsp3) is 0.500. The Labute approximate surface area is 203 Å². The zero-order valence-corrected chi connectivity index (χ0v) is 20.6. The molecule has 1 aromatic rings. The summed E-state index contributed by atoms with van der Waals surface area (Å²) < 4.78 is 33.4. The van der Waals surface area contributed by atoms with Crippen LogP contribution in [0.3, 0.4) is 0 Å². The van der Waals surface area contributed by atoms with Gasteiger partial charge in [-0.1, -0.05) is 18.2 Å². The van der Waals surface area contributed by atoms with E-state index >= 15 is 0 Å². The van der Waals surface area contributed by atoms with Crippen LogP contribution in [0, 0.1) is 0 Å². The normalized spacial score (nSPS) is 23.8. The number of ether oxygens (including phenoxy) is 6. The van der Waals surface area contributed by atoms with Gasteiger partial charge in [0.15, 0.2) is 23.7 Å². The van der Waals surface area contributed by atoms with E-state index < -0.39 is 54.5 Å². The molecule has 1 aromatic carbocycles. The van der Waals surface area contributed by atoms with E-state index in [1.54, 1.807) is 18.2 Å². The summed E-state index contributed by atoms with van der Waals surface area (Å²) >= 11 is 0. The number of benzene rings is 1. The monoisotopic (exact) mass is 493 g/mol. The lowest BCUT2D eigenvalue weighted by Gasteiger charge is -2.44. The van der Waals surface area contributed by atoms with Crippen LogP contribution in [0.25, 0.3) is 6.08 Å². The summed E-state index contributed by atoms with van der Waals surface area (Å²) in [5, 5.41) is 2.65. The molecular formula is C24H31NO10. The lowest BCUT2D eigenvalue weighted by molar-refractivity contribution is -0.257. The second-order valence-electron chi connectivity index (χ2n) is 7.75. The summed E-state index contributed by atoms with van der Waals surface area (Å²) in [4.78, 5) is 47.3. The molecule has 2 rings (SSSR count). The van der Waals surface area contributed by atoms with Crippen LogP contribution >= 0.6 is 0 Å². The molecule has 0 bridgehead atoms. The third-order valence-corrected chi connectivity index (χ3v) is 4.86. The first-order chi connectivity index (χ1) is 16.5. The Bertz CT molecular complexity index is 960. The largest absolute Gasteiger partial charge is 0.493 e. The van der Waals surface area contributed by atoms with Crippen LogP contribution in [0.5, 0.6) is 11.5 Å². The summed E-state index contributed by atoms with van der Waals surface area (Å²) in [5.74, 6) is -1.79. The van der Waals surface area contributed by atoms with Gasteiger partial charge in [0, 0.05) is 27.7 Å². The van der Waals surface area contributed by atoms with Crippen LogP contribution in [0.1, 0.15) is 40.2 Å². The van der Waals surface area contributed by atoms with Crippen LogP contribution in [-0.2, 0) is 38.1 Å². The zero-order chi connectivity index (χ0) is 26.1. The molecule has 1 N–H and O–H groups in total. The van der Waals surface area contributed by atoms with Crippen molar-refractivity contribution in [3.8, 4) is 11.5 Å². The van der Waals surface area contributed by atoms with Crippen LogP contribution in [0.2, 0.25) is 0 Å². The highest BCUT2D eigenvalue weighted by atomic mass is 16.7. The van der Waals surface area contributed by atoms with Crippen LogP contribution in [0.4, 0.5) is 0 Å². The third kappa shape index (κ3) is 7.99. The van der Waals surface area contributed by atoms with Crippen molar-refractivity contribution >= 4 is 29.9 Å². The Hall–Kier alpha value is -3.60. The van der Waals surface area contributed by atoms with Gasteiger partial charge in [-0.15, -0.1) is 0 Å². The lowest BCUT2D eigenvalue weighted by atomic mass is 9.96. The van der Waals surface area contributed by atoms with Gasteiger partial charge >= 0.3 is 17.9 Å². The van der Waals surface area contributed by atoms with E-state index in [0.717, 1.165) is 5.56 Å². The van der Waals surface area contributed by atoms with Crippen molar-refractivity contribution in [3.63, 3.8) is 0 Å². The maximum atomic E-state index is 12.0. The SMILES string of the molecule is C/C=C/c1ccc(O[C@@H]2O[C@H](COC(C)=O)[C@H](OC(C)=O)[C@@H](OC(C)=O)[C@@H]2NC(C)=O)c(OC)c1.